The minimum absolute atomic E-state index is 0.890. The summed E-state index contributed by atoms with van der Waals surface area (Å²) >= 11 is 3.66. The largest absolute Gasteiger partial charge is 0.369 e. The molecule has 100 valence electrons. The fourth-order valence-electron chi connectivity index (χ4n) is 2.12. The number of halogens is 1. The Bertz CT molecular complexity index is 526. The molecule has 0 aromatic heterocycles. The van der Waals surface area contributed by atoms with E-state index in [1.165, 1.54) is 16.8 Å². The lowest BCUT2D eigenvalue weighted by Crippen LogP contribution is -2.17. The zero-order valence-corrected chi connectivity index (χ0v) is 12.9. The Hall–Kier alpha value is -1.32. The number of benzene rings is 2. The highest BCUT2D eigenvalue weighted by atomic mass is 79.9. The number of anilines is 1. The van der Waals surface area contributed by atoms with E-state index in [0.717, 1.165) is 17.6 Å². The van der Waals surface area contributed by atoms with Gasteiger partial charge >= 0.3 is 0 Å². The summed E-state index contributed by atoms with van der Waals surface area (Å²) in [6, 6.07) is 17.0. The molecule has 0 radical (unpaired) electrons. The fourth-order valence-corrected chi connectivity index (χ4v) is 2.85. The van der Waals surface area contributed by atoms with Crippen molar-refractivity contribution in [2.24, 2.45) is 0 Å². The smallest absolute Gasteiger partial charge is 0.0511 e. The molecule has 2 rings (SSSR count). The highest BCUT2D eigenvalue weighted by molar-refractivity contribution is 9.10. The van der Waals surface area contributed by atoms with Crippen LogP contribution in [0.5, 0.6) is 0 Å². The normalized spacial score (nSPS) is 10.5. The third-order valence-electron chi connectivity index (χ3n) is 3.07. The maximum atomic E-state index is 3.66. The molecule has 2 aromatic rings. The van der Waals surface area contributed by atoms with Crippen LogP contribution in [0.15, 0.2) is 53.0 Å². The molecule has 0 aliphatic carbocycles. The van der Waals surface area contributed by atoms with Crippen molar-refractivity contribution < 1.29 is 0 Å². The van der Waals surface area contributed by atoms with Crippen LogP contribution in [-0.2, 0) is 13.1 Å². The molecule has 0 bridgehead atoms. The molecule has 0 atom stereocenters. The summed E-state index contributed by atoms with van der Waals surface area (Å²) in [5, 5.41) is 3.17. The highest BCUT2D eigenvalue weighted by Crippen LogP contribution is 2.27. The number of nitrogens with zero attached hydrogens (tertiary/aromatic N) is 1. The average molecular weight is 319 g/mol. The molecule has 19 heavy (non-hydrogen) atoms. The molecule has 0 amide bonds. The van der Waals surface area contributed by atoms with Gasteiger partial charge in [0, 0.05) is 24.6 Å². The van der Waals surface area contributed by atoms with E-state index >= 15 is 0 Å². The first-order chi connectivity index (χ1) is 9.20. The predicted molar refractivity (Wildman–Crippen MR) is 85.5 cm³/mol. The van der Waals surface area contributed by atoms with Gasteiger partial charge in [0.15, 0.2) is 0 Å². The van der Waals surface area contributed by atoms with Crippen LogP contribution in [0.2, 0.25) is 0 Å². The van der Waals surface area contributed by atoms with Crippen LogP contribution in [0, 0.1) is 0 Å². The average Bonchev–Trinajstić information content (AvgIpc) is 2.40. The van der Waals surface area contributed by atoms with E-state index in [1.807, 2.05) is 13.1 Å². The monoisotopic (exact) mass is 318 g/mol. The number of hydrogen-bond acceptors (Lipinski definition) is 2. The quantitative estimate of drug-likeness (QED) is 0.902. The summed E-state index contributed by atoms with van der Waals surface area (Å²) in [7, 11) is 4.08. The summed E-state index contributed by atoms with van der Waals surface area (Å²) in [5.41, 5.74) is 3.81. The van der Waals surface area contributed by atoms with Gasteiger partial charge in [-0.05, 0) is 46.2 Å². The van der Waals surface area contributed by atoms with Crippen LogP contribution in [0.3, 0.4) is 0 Å². The first kappa shape index (κ1) is 14.1. The molecule has 0 aliphatic heterocycles. The second-order valence-electron chi connectivity index (χ2n) is 4.66. The van der Waals surface area contributed by atoms with Crippen LogP contribution in [0.1, 0.15) is 11.1 Å². The number of nitrogens with one attached hydrogen (secondary N) is 1. The van der Waals surface area contributed by atoms with Crippen LogP contribution in [-0.4, -0.2) is 14.1 Å². The van der Waals surface area contributed by atoms with E-state index in [9.17, 15) is 0 Å². The van der Waals surface area contributed by atoms with Crippen molar-refractivity contribution in [1.82, 2.24) is 5.32 Å². The summed E-state index contributed by atoms with van der Waals surface area (Å²) in [6.45, 7) is 1.80. The van der Waals surface area contributed by atoms with Gasteiger partial charge in [0.2, 0.25) is 0 Å². The van der Waals surface area contributed by atoms with Crippen LogP contribution in [0.25, 0.3) is 0 Å². The standard InChI is InChI=1S/C16H19BrN2/c1-18-11-14-8-9-16(15(17)10-14)19(2)12-13-6-4-3-5-7-13/h3-10,18H,11-12H2,1-2H3. The Balaban J connectivity index is 2.13. The zero-order chi connectivity index (χ0) is 13.7. The Labute approximate surface area is 123 Å². The van der Waals surface area contributed by atoms with Crippen molar-refractivity contribution in [2.45, 2.75) is 13.1 Å². The highest BCUT2D eigenvalue weighted by Gasteiger charge is 2.07. The van der Waals surface area contributed by atoms with E-state index in [4.69, 9.17) is 0 Å². The van der Waals surface area contributed by atoms with Gasteiger partial charge in [-0.25, -0.2) is 0 Å². The molecular weight excluding hydrogens is 300 g/mol. The first-order valence-corrected chi connectivity index (χ1v) is 7.18. The summed E-state index contributed by atoms with van der Waals surface area (Å²) in [6.07, 6.45) is 0. The van der Waals surface area contributed by atoms with Crippen molar-refractivity contribution in [3.8, 4) is 0 Å². The Morgan fingerprint density at radius 2 is 1.79 bits per heavy atom. The molecule has 2 nitrogen and oxygen atoms in total. The van der Waals surface area contributed by atoms with Gasteiger partial charge in [-0.15, -0.1) is 0 Å². The minimum atomic E-state index is 0.890. The van der Waals surface area contributed by atoms with Crippen molar-refractivity contribution in [1.29, 1.82) is 0 Å². The van der Waals surface area contributed by atoms with Crippen LogP contribution < -0.4 is 10.2 Å². The third-order valence-corrected chi connectivity index (χ3v) is 3.70. The lowest BCUT2D eigenvalue weighted by atomic mass is 10.1. The van der Waals surface area contributed by atoms with E-state index in [2.05, 4.69) is 75.7 Å². The molecule has 0 spiro atoms. The second kappa shape index (κ2) is 6.73. The molecule has 0 fully saturated rings. The lowest BCUT2D eigenvalue weighted by Gasteiger charge is -2.21. The summed E-state index contributed by atoms with van der Waals surface area (Å²) in [5.74, 6) is 0. The van der Waals surface area contributed by atoms with Crippen LogP contribution in [0.4, 0.5) is 5.69 Å². The fraction of sp³-hybridized carbons (Fsp3) is 0.250. The van der Waals surface area contributed by atoms with Gasteiger partial charge in [-0.1, -0.05) is 36.4 Å². The van der Waals surface area contributed by atoms with Gasteiger partial charge in [-0.3, -0.25) is 0 Å². The van der Waals surface area contributed by atoms with Crippen molar-refractivity contribution in [3.05, 3.63) is 64.1 Å². The van der Waals surface area contributed by atoms with Crippen molar-refractivity contribution in [2.75, 3.05) is 19.0 Å². The van der Waals surface area contributed by atoms with Gasteiger partial charge in [0.1, 0.15) is 0 Å². The molecule has 0 heterocycles. The third kappa shape index (κ3) is 3.82. The minimum Gasteiger partial charge on any atom is -0.369 e. The first-order valence-electron chi connectivity index (χ1n) is 6.39. The molecule has 0 unspecified atom stereocenters. The Morgan fingerprint density at radius 1 is 1.05 bits per heavy atom. The Kier molecular flexibility index (Phi) is 5.00. The Morgan fingerprint density at radius 3 is 2.42 bits per heavy atom. The van der Waals surface area contributed by atoms with E-state index in [0.29, 0.717) is 0 Å². The zero-order valence-electron chi connectivity index (χ0n) is 11.4. The maximum absolute atomic E-state index is 3.66. The predicted octanol–water partition coefficient (Wildman–Crippen LogP) is 3.80. The number of rotatable bonds is 5. The van der Waals surface area contributed by atoms with Gasteiger partial charge in [-0.2, -0.15) is 0 Å². The van der Waals surface area contributed by atoms with E-state index < -0.39 is 0 Å². The lowest BCUT2D eigenvalue weighted by molar-refractivity contribution is 0.816. The van der Waals surface area contributed by atoms with Crippen molar-refractivity contribution in [3.63, 3.8) is 0 Å². The van der Waals surface area contributed by atoms with E-state index in [-0.39, 0.29) is 0 Å². The van der Waals surface area contributed by atoms with E-state index in [1.54, 1.807) is 0 Å². The van der Waals surface area contributed by atoms with Crippen LogP contribution >= 0.6 is 15.9 Å². The molecule has 0 aliphatic rings. The molecule has 2 aromatic carbocycles. The molecule has 0 saturated carbocycles. The van der Waals surface area contributed by atoms with Gasteiger partial charge in [0.05, 0.1) is 5.69 Å². The van der Waals surface area contributed by atoms with Gasteiger partial charge in [0.25, 0.3) is 0 Å². The topological polar surface area (TPSA) is 15.3 Å². The molecule has 3 heteroatoms. The molecule has 1 N–H and O–H groups in total. The number of hydrogen-bond donors (Lipinski definition) is 1. The van der Waals surface area contributed by atoms with Crippen molar-refractivity contribution >= 4 is 21.6 Å². The maximum Gasteiger partial charge on any atom is 0.0511 e. The SMILES string of the molecule is CNCc1ccc(N(C)Cc2ccccc2)c(Br)c1. The second-order valence-corrected chi connectivity index (χ2v) is 5.51. The molecular formula is C16H19BrN2. The summed E-state index contributed by atoms with van der Waals surface area (Å²) < 4.78 is 1.14. The summed E-state index contributed by atoms with van der Waals surface area (Å²) in [4.78, 5) is 2.25. The molecule has 0 saturated heterocycles. The van der Waals surface area contributed by atoms with Gasteiger partial charge < -0.3 is 10.2 Å².